The number of aromatic nitrogens is 2. The molecule has 0 aliphatic carbocycles. The first-order valence-electron chi connectivity index (χ1n) is 4.09. The van der Waals surface area contributed by atoms with Gasteiger partial charge in [0.2, 0.25) is 5.95 Å². The molecule has 0 saturated heterocycles. The summed E-state index contributed by atoms with van der Waals surface area (Å²) in [6, 6.07) is 4.61. The molecule has 0 radical (unpaired) electrons. The average molecular weight is 224 g/mol. The normalized spacial score (nSPS) is 9.93. The lowest BCUT2D eigenvalue weighted by atomic mass is 10.4. The van der Waals surface area contributed by atoms with Crippen molar-refractivity contribution in [3.63, 3.8) is 0 Å². The van der Waals surface area contributed by atoms with Gasteiger partial charge in [-0.15, -0.1) is 0 Å². The minimum absolute atomic E-state index is 0.118. The molecule has 0 aliphatic heterocycles. The average Bonchev–Trinajstić information content (AvgIpc) is 2.66. The van der Waals surface area contributed by atoms with Gasteiger partial charge < -0.3 is 4.42 Å². The molecule has 0 aliphatic rings. The summed E-state index contributed by atoms with van der Waals surface area (Å²) in [5.41, 5.74) is 0. The van der Waals surface area contributed by atoms with Crippen LogP contribution in [0.5, 0.6) is 0 Å². The molecule has 2 heterocycles. The molecular formula is C9H6ClN3O2. The van der Waals surface area contributed by atoms with Crippen molar-refractivity contribution in [3.8, 4) is 0 Å². The van der Waals surface area contributed by atoms with Crippen molar-refractivity contribution in [3.05, 3.63) is 41.6 Å². The molecular weight excluding hydrogens is 218 g/mol. The molecule has 0 aromatic carbocycles. The summed E-state index contributed by atoms with van der Waals surface area (Å²) in [6.07, 6.45) is 3.05. The molecule has 15 heavy (non-hydrogen) atoms. The zero-order valence-electron chi connectivity index (χ0n) is 7.48. The number of halogens is 1. The molecule has 2 rings (SSSR count). The lowest BCUT2D eigenvalue weighted by Gasteiger charge is -1.98. The highest BCUT2D eigenvalue weighted by Gasteiger charge is 2.11. The van der Waals surface area contributed by atoms with Gasteiger partial charge in [-0.05, 0) is 29.8 Å². The predicted octanol–water partition coefficient (Wildman–Crippen LogP) is 1.98. The Kier molecular flexibility index (Phi) is 2.64. The highest BCUT2D eigenvalue weighted by atomic mass is 35.5. The number of hydrogen-bond donors (Lipinski definition) is 1. The standard InChI is InChI=1S/C9H6ClN3O2/c10-7-3-2-6(15-7)8(14)13-9-11-4-1-5-12-9/h1-5H,(H,11,12,13,14). The molecule has 0 spiro atoms. The zero-order chi connectivity index (χ0) is 10.7. The van der Waals surface area contributed by atoms with E-state index in [1.165, 1.54) is 24.5 Å². The maximum absolute atomic E-state index is 11.5. The van der Waals surface area contributed by atoms with E-state index >= 15 is 0 Å². The second kappa shape index (κ2) is 4.10. The molecule has 0 unspecified atom stereocenters. The van der Waals surface area contributed by atoms with Gasteiger partial charge in [0.05, 0.1) is 0 Å². The van der Waals surface area contributed by atoms with Crippen LogP contribution in [0.15, 0.2) is 35.0 Å². The topological polar surface area (TPSA) is 68.0 Å². The lowest BCUT2D eigenvalue weighted by molar-refractivity contribution is 0.0996. The Morgan fingerprint density at radius 2 is 2.07 bits per heavy atom. The molecule has 2 aromatic heterocycles. The number of furan rings is 1. The van der Waals surface area contributed by atoms with Crippen molar-refractivity contribution < 1.29 is 9.21 Å². The zero-order valence-corrected chi connectivity index (χ0v) is 8.23. The maximum Gasteiger partial charge on any atom is 0.293 e. The fourth-order valence-corrected chi connectivity index (χ4v) is 1.11. The van der Waals surface area contributed by atoms with Gasteiger partial charge in [-0.25, -0.2) is 9.97 Å². The van der Waals surface area contributed by atoms with Crippen LogP contribution in [0.25, 0.3) is 0 Å². The second-order valence-corrected chi connectivity index (χ2v) is 3.00. The second-order valence-electron chi connectivity index (χ2n) is 2.63. The van der Waals surface area contributed by atoms with Crippen molar-refractivity contribution in [1.82, 2.24) is 9.97 Å². The van der Waals surface area contributed by atoms with Crippen LogP contribution >= 0.6 is 11.6 Å². The van der Waals surface area contributed by atoms with Gasteiger partial charge in [-0.3, -0.25) is 10.1 Å². The molecule has 0 fully saturated rings. The van der Waals surface area contributed by atoms with Gasteiger partial charge in [0, 0.05) is 12.4 Å². The largest absolute Gasteiger partial charge is 0.440 e. The number of rotatable bonds is 2. The maximum atomic E-state index is 11.5. The molecule has 1 N–H and O–H groups in total. The summed E-state index contributed by atoms with van der Waals surface area (Å²) in [5.74, 6) is -0.101. The van der Waals surface area contributed by atoms with Crippen LogP contribution in [0.2, 0.25) is 5.22 Å². The number of carbonyl (C=O) groups excluding carboxylic acids is 1. The van der Waals surface area contributed by atoms with E-state index in [9.17, 15) is 4.79 Å². The molecule has 76 valence electrons. The molecule has 5 nitrogen and oxygen atoms in total. The first-order valence-corrected chi connectivity index (χ1v) is 4.47. The Labute approximate surface area is 90.1 Å². The summed E-state index contributed by atoms with van der Waals surface area (Å²) in [7, 11) is 0. The van der Waals surface area contributed by atoms with Gasteiger partial charge >= 0.3 is 0 Å². The van der Waals surface area contributed by atoms with E-state index in [2.05, 4.69) is 15.3 Å². The third-order valence-electron chi connectivity index (χ3n) is 1.59. The van der Waals surface area contributed by atoms with Crippen LogP contribution in [0, 0.1) is 0 Å². The van der Waals surface area contributed by atoms with Gasteiger partial charge in [0.25, 0.3) is 5.91 Å². The third-order valence-corrected chi connectivity index (χ3v) is 1.79. The number of carbonyl (C=O) groups is 1. The monoisotopic (exact) mass is 223 g/mol. The SMILES string of the molecule is O=C(Nc1ncccn1)c1ccc(Cl)o1. The van der Waals surface area contributed by atoms with Crippen molar-refractivity contribution in [2.45, 2.75) is 0 Å². The summed E-state index contributed by atoms with van der Waals surface area (Å²) in [6.45, 7) is 0. The first-order chi connectivity index (χ1) is 7.25. The smallest absolute Gasteiger partial charge is 0.293 e. The Balaban J connectivity index is 2.11. The minimum Gasteiger partial charge on any atom is -0.440 e. The minimum atomic E-state index is -0.437. The van der Waals surface area contributed by atoms with Crippen molar-refractivity contribution in [2.75, 3.05) is 5.32 Å². The van der Waals surface area contributed by atoms with Crippen LogP contribution in [0.4, 0.5) is 5.95 Å². The fraction of sp³-hybridized carbons (Fsp3) is 0. The van der Waals surface area contributed by atoms with Crippen molar-refractivity contribution in [1.29, 1.82) is 0 Å². The van der Waals surface area contributed by atoms with Crippen LogP contribution in [-0.2, 0) is 0 Å². The molecule has 0 bridgehead atoms. The van der Waals surface area contributed by atoms with Crippen molar-refractivity contribution >= 4 is 23.5 Å². The highest BCUT2D eigenvalue weighted by Crippen LogP contribution is 2.13. The molecule has 1 amide bonds. The van der Waals surface area contributed by atoms with Gasteiger partial charge in [0.1, 0.15) is 0 Å². The van der Waals surface area contributed by atoms with Crippen molar-refractivity contribution in [2.24, 2.45) is 0 Å². The Bertz CT molecular complexity index is 469. The molecule has 0 saturated carbocycles. The van der Waals surface area contributed by atoms with Crippen LogP contribution in [0.3, 0.4) is 0 Å². The van der Waals surface area contributed by atoms with E-state index in [1.807, 2.05) is 0 Å². The van der Waals surface area contributed by atoms with E-state index in [0.29, 0.717) is 0 Å². The third kappa shape index (κ3) is 2.32. The molecule has 0 atom stereocenters. The Morgan fingerprint density at radius 3 is 2.67 bits per heavy atom. The number of nitrogens with one attached hydrogen (secondary N) is 1. The van der Waals surface area contributed by atoms with E-state index in [0.717, 1.165) is 0 Å². The van der Waals surface area contributed by atoms with Crippen LogP contribution in [0.1, 0.15) is 10.6 Å². The van der Waals surface area contributed by atoms with E-state index in [-0.39, 0.29) is 16.9 Å². The lowest BCUT2D eigenvalue weighted by Crippen LogP contribution is -2.12. The first kappa shape index (κ1) is 9.67. The summed E-state index contributed by atoms with van der Waals surface area (Å²) < 4.78 is 4.92. The van der Waals surface area contributed by atoms with E-state index < -0.39 is 5.91 Å². The van der Waals surface area contributed by atoms with E-state index in [1.54, 1.807) is 6.07 Å². The van der Waals surface area contributed by atoms with E-state index in [4.69, 9.17) is 16.0 Å². The summed E-state index contributed by atoms with van der Waals surface area (Å²) in [5, 5.41) is 2.62. The number of amides is 1. The van der Waals surface area contributed by atoms with Crippen LogP contribution < -0.4 is 5.32 Å². The molecule has 2 aromatic rings. The summed E-state index contributed by atoms with van der Waals surface area (Å²) >= 11 is 5.53. The Morgan fingerprint density at radius 1 is 1.33 bits per heavy atom. The number of nitrogens with zero attached hydrogens (tertiary/aromatic N) is 2. The quantitative estimate of drug-likeness (QED) is 0.845. The molecule has 6 heteroatoms. The predicted molar refractivity (Wildman–Crippen MR) is 53.7 cm³/mol. The van der Waals surface area contributed by atoms with Crippen LogP contribution in [-0.4, -0.2) is 15.9 Å². The highest BCUT2D eigenvalue weighted by molar-refractivity contribution is 6.29. The summed E-state index contributed by atoms with van der Waals surface area (Å²) in [4.78, 5) is 19.2. The number of hydrogen-bond acceptors (Lipinski definition) is 4. The fourth-order valence-electron chi connectivity index (χ4n) is 0.963. The number of anilines is 1. The van der Waals surface area contributed by atoms with Gasteiger partial charge in [-0.2, -0.15) is 0 Å². The van der Waals surface area contributed by atoms with Gasteiger partial charge in [-0.1, -0.05) is 0 Å². The Hall–Kier alpha value is -1.88. The van der Waals surface area contributed by atoms with Gasteiger partial charge in [0.15, 0.2) is 11.0 Å².